The fourth-order valence-electron chi connectivity index (χ4n) is 5.14. The molecule has 10 N–H and O–H groups in total. The Labute approximate surface area is 300 Å². The highest BCUT2D eigenvalue weighted by atomic mass is 16.7. The average Bonchev–Trinajstić information content (AvgIpc) is 3.10. The van der Waals surface area contributed by atoms with Crippen molar-refractivity contribution in [3.63, 3.8) is 0 Å². The third-order valence-electron chi connectivity index (χ3n) is 7.86. The van der Waals surface area contributed by atoms with Crippen LogP contribution >= 0.6 is 0 Å². The standard InChI is InChI=1S/C35H38O18/c36-8-7-21(15-37)16-50-34-32(47)35(48,53-31(46)14-20-3-6-24(40)27(43)11-20)33(52-30(45)13-19-2-5-23(39)26(42)10-19)28(51-34)17-49-29(44)12-18-1-4-22(38)25(41)9-18/h1-7,9-11,28,32-34,36-43,47-48H,8,12-17H2/b21-7+/t28-,32+,33-,34-,35+/m1/s1. The Morgan fingerprint density at radius 2 is 1.21 bits per heavy atom. The molecule has 0 radical (unpaired) electrons. The summed E-state index contributed by atoms with van der Waals surface area (Å²) >= 11 is 0. The summed E-state index contributed by atoms with van der Waals surface area (Å²) < 4.78 is 27.5. The highest BCUT2D eigenvalue weighted by Gasteiger charge is 2.61. The van der Waals surface area contributed by atoms with E-state index in [0.717, 1.165) is 36.4 Å². The van der Waals surface area contributed by atoms with E-state index in [4.69, 9.17) is 23.7 Å². The first kappa shape index (κ1) is 40.1. The van der Waals surface area contributed by atoms with Crippen molar-refractivity contribution in [1.29, 1.82) is 0 Å². The van der Waals surface area contributed by atoms with E-state index < -0.39 is 128 Å². The van der Waals surface area contributed by atoms with Gasteiger partial charge in [0.2, 0.25) is 0 Å². The second-order valence-corrected chi connectivity index (χ2v) is 11.8. The molecule has 3 aromatic rings. The number of hydrogen-bond acceptors (Lipinski definition) is 18. The quantitative estimate of drug-likeness (QED) is 0.0312. The Bertz CT molecular complexity index is 1810. The Kier molecular flexibility index (Phi) is 13.4. The molecule has 3 aromatic carbocycles. The Hall–Kier alpha value is -5.63. The monoisotopic (exact) mass is 746 g/mol. The molecule has 1 saturated heterocycles. The fraction of sp³-hybridized carbons (Fsp3) is 0.343. The Balaban J connectivity index is 1.67. The minimum absolute atomic E-state index is 0.0800. The molecule has 0 saturated carbocycles. The molecule has 18 nitrogen and oxygen atoms in total. The minimum Gasteiger partial charge on any atom is -0.504 e. The second-order valence-electron chi connectivity index (χ2n) is 11.8. The van der Waals surface area contributed by atoms with Gasteiger partial charge >= 0.3 is 17.9 Å². The first-order valence-corrected chi connectivity index (χ1v) is 15.8. The number of phenols is 6. The van der Waals surface area contributed by atoms with Crippen molar-refractivity contribution >= 4 is 17.9 Å². The normalized spacial score (nSPS) is 21.5. The number of ether oxygens (including phenoxy) is 5. The number of hydrogen-bond donors (Lipinski definition) is 10. The lowest BCUT2D eigenvalue weighted by atomic mass is 9.94. The van der Waals surface area contributed by atoms with Gasteiger partial charge in [-0.15, -0.1) is 0 Å². The van der Waals surface area contributed by atoms with Crippen LogP contribution in [0.3, 0.4) is 0 Å². The topological polar surface area (TPSA) is 300 Å². The van der Waals surface area contributed by atoms with Crippen LogP contribution in [0.15, 0.2) is 66.2 Å². The zero-order chi connectivity index (χ0) is 38.9. The predicted octanol–water partition coefficient (Wildman–Crippen LogP) is -0.352. The summed E-state index contributed by atoms with van der Waals surface area (Å²) in [4.78, 5) is 39.4. The molecule has 1 aliphatic rings. The molecule has 0 bridgehead atoms. The first-order valence-electron chi connectivity index (χ1n) is 15.8. The van der Waals surface area contributed by atoms with Gasteiger partial charge in [0.25, 0.3) is 5.79 Å². The van der Waals surface area contributed by atoms with E-state index in [-0.39, 0.29) is 22.3 Å². The van der Waals surface area contributed by atoms with Gasteiger partial charge in [0, 0.05) is 0 Å². The fourth-order valence-corrected chi connectivity index (χ4v) is 5.14. The van der Waals surface area contributed by atoms with Crippen molar-refractivity contribution < 1.29 is 89.1 Å². The maximum Gasteiger partial charge on any atom is 0.313 e. The van der Waals surface area contributed by atoms with Crippen LogP contribution < -0.4 is 0 Å². The second kappa shape index (κ2) is 17.7. The third kappa shape index (κ3) is 10.5. The summed E-state index contributed by atoms with van der Waals surface area (Å²) in [5, 5.41) is 101. The minimum atomic E-state index is -3.23. The number of benzene rings is 3. The van der Waals surface area contributed by atoms with Crippen LogP contribution in [0.2, 0.25) is 0 Å². The van der Waals surface area contributed by atoms with Crippen LogP contribution in [-0.4, -0.2) is 126 Å². The molecule has 0 unspecified atom stereocenters. The van der Waals surface area contributed by atoms with Gasteiger partial charge in [0.15, 0.2) is 53.0 Å². The van der Waals surface area contributed by atoms with Crippen molar-refractivity contribution in [2.24, 2.45) is 0 Å². The number of rotatable bonds is 15. The largest absolute Gasteiger partial charge is 0.504 e. The zero-order valence-corrected chi connectivity index (χ0v) is 27.8. The van der Waals surface area contributed by atoms with Crippen molar-refractivity contribution in [2.75, 3.05) is 26.4 Å². The van der Waals surface area contributed by atoms with Gasteiger partial charge in [-0.25, -0.2) is 0 Å². The highest BCUT2D eigenvalue weighted by molar-refractivity contribution is 5.75. The lowest BCUT2D eigenvalue weighted by Gasteiger charge is -2.47. The Morgan fingerprint density at radius 3 is 1.68 bits per heavy atom. The van der Waals surface area contributed by atoms with E-state index >= 15 is 0 Å². The Morgan fingerprint density at radius 1 is 0.717 bits per heavy atom. The summed E-state index contributed by atoms with van der Waals surface area (Å²) in [6.07, 6.45) is -8.83. The number of carbonyl (C=O) groups is 3. The first-order chi connectivity index (χ1) is 25.1. The van der Waals surface area contributed by atoms with Gasteiger partial charge in [-0.2, -0.15) is 0 Å². The van der Waals surface area contributed by atoms with Crippen LogP contribution in [0.1, 0.15) is 16.7 Å². The van der Waals surface area contributed by atoms with E-state index in [1.54, 1.807) is 0 Å². The lowest BCUT2D eigenvalue weighted by Crippen LogP contribution is -2.70. The zero-order valence-electron chi connectivity index (χ0n) is 27.8. The summed E-state index contributed by atoms with van der Waals surface area (Å²) in [6.45, 7) is -2.47. The van der Waals surface area contributed by atoms with Gasteiger partial charge in [-0.1, -0.05) is 24.3 Å². The number of aromatic hydroxyl groups is 6. The van der Waals surface area contributed by atoms with Gasteiger partial charge in [0.05, 0.1) is 39.1 Å². The van der Waals surface area contributed by atoms with Crippen molar-refractivity contribution in [1.82, 2.24) is 0 Å². The van der Waals surface area contributed by atoms with E-state index in [2.05, 4.69) is 0 Å². The predicted molar refractivity (Wildman–Crippen MR) is 175 cm³/mol. The van der Waals surface area contributed by atoms with Crippen LogP contribution in [0.25, 0.3) is 0 Å². The van der Waals surface area contributed by atoms with Gasteiger partial charge in [-0.05, 0) is 58.7 Å². The molecule has 286 valence electrons. The van der Waals surface area contributed by atoms with E-state index in [1.165, 1.54) is 24.3 Å². The molecule has 1 heterocycles. The van der Waals surface area contributed by atoms with Gasteiger partial charge in [0.1, 0.15) is 12.7 Å². The van der Waals surface area contributed by atoms with Crippen LogP contribution in [0.5, 0.6) is 34.5 Å². The molecule has 4 rings (SSSR count). The smallest absolute Gasteiger partial charge is 0.313 e. The maximum absolute atomic E-state index is 13.3. The molecule has 0 aliphatic carbocycles. The third-order valence-corrected chi connectivity index (χ3v) is 7.86. The highest BCUT2D eigenvalue weighted by Crippen LogP contribution is 2.36. The number of esters is 3. The number of carbonyl (C=O) groups excluding carboxylic acids is 3. The van der Waals surface area contributed by atoms with Crippen molar-refractivity contribution in [3.05, 3.63) is 82.9 Å². The molecular weight excluding hydrogens is 708 g/mol. The summed E-state index contributed by atoms with van der Waals surface area (Å²) in [7, 11) is 0. The SMILES string of the molecule is O=C(Cc1ccc(O)c(O)c1)OC[C@H]1O[C@@H](OC/C(=C/CO)CO)[C@H](O)[C@](O)(OC(=O)Cc2ccc(O)c(O)c2)[C@@H]1OC(=O)Cc1ccc(O)c(O)c1. The molecule has 5 atom stereocenters. The average molecular weight is 747 g/mol. The molecular formula is C35H38O18. The van der Waals surface area contributed by atoms with Crippen molar-refractivity contribution in [2.45, 2.75) is 49.7 Å². The molecule has 53 heavy (non-hydrogen) atoms. The van der Waals surface area contributed by atoms with E-state index in [0.29, 0.717) is 0 Å². The number of aliphatic hydroxyl groups excluding tert-OH is 3. The van der Waals surface area contributed by atoms with Crippen LogP contribution in [-0.2, 0) is 57.3 Å². The van der Waals surface area contributed by atoms with Crippen LogP contribution in [0, 0.1) is 0 Å². The lowest BCUT2D eigenvalue weighted by molar-refractivity contribution is -0.388. The van der Waals surface area contributed by atoms with Crippen LogP contribution in [0.4, 0.5) is 0 Å². The summed E-state index contributed by atoms with van der Waals surface area (Å²) in [5.41, 5.74) is 0.506. The molecule has 18 heteroatoms. The maximum atomic E-state index is 13.3. The van der Waals surface area contributed by atoms with Gasteiger partial charge in [-0.3, -0.25) is 14.4 Å². The van der Waals surface area contributed by atoms with E-state index in [9.17, 15) is 65.4 Å². The van der Waals surface area contributed by atoms with Gasteiger partial charge < -0.3 is 74.7 Å². The molecule has 0 amide bonds. The molecule has 0 aromatic heterocycles. The van der Waals surface area contributed by atoms with E-state index in [1.807, 2.05) is 0 Å². The number of phenolic OH excluding ortho intramolecular Hbond substituents is 6. The molecule has 1 aliphatic heterocycles. The van der Waals surface area contributed by atoms with Crippen molar-refractivity contribution in [3.8, 4) is 34.5 Å². The number of aliphatic hydroxyl groups is 4. The summed E-state index contributed by atoms with van der Waals surface area (Å²) in [5.74, 6) is -9.68. The summed E-state index contributed by atoms with van der Waals surface area (Å²) in [6, 6.07) is 10.3. The molecule has 0 spiro atoms. The molecule has 1 fully saturated rings.